The summed E-state index contributed by atoms with van der Waals surface area (Å²) in [6, 6.07) is 0. The van der Waals surface area contributed by atoms with Crippen LogP contribution in [0.15, 0.2) is 11.6 Å². The maximum atomic E-state index is 5.86. The lowest BCUT2D eigenvalue weighted by Gasteiger charge is -2.22. The van der Waals surface area contributed by atoms with Crippen LogP contribution < -0.4 is 19.9 Å². The van der Waals surface area contributed by atoms with Crippen molar-refractivity contribution in [2.75, 3.05) is 25.7 Å². The van der Waals surface area contributed by atoms with E-state index in [0.29, 0.717) is 4.58 Å². The Hall–Kier alpha value is -1.00. The molecular weight excluding hydrogens is 348 g/mol. The van der Waals surface area contributed by atoms with Crippen LogP contribution in [-0.2, 0) is 6.42 Å². The Morgan fingerprint density at radius 3 is 2.28 bits per heavy atom. The molecule has 3 rings (SSSR count). The number of allylic oxidation sites excluding steroid dienone is 1. The molecule has 4 heteroatoms. The van der Waals surface area contributed by atoms with Gasteiger partial charge in [0, 0.05) is 16.0 Å². The van der Waals surface area contributed by atoms with E-state index in [1.807, 2.05) is 0 Å². The molecule has 1 aromatic carbocycles. The molecule has 0 N–H and O–H groups in total. The summed E-state index contributed by atoms with van der Waals surface area (Å²) in [6.07, 6.45) is 11.3. The predicted molar refractivity (Wildman–Crippen MR) is 112 cm³/mol. The molecule has 0 radical (unpaired) electrons. The topological polar surface area (TPSA) is 18.5 Å². The van der Waals surface area contributed by atoms with Crippen molar-refractivity contribution in [1.29, 1.82) is 0 Å². The van der Waals surface area contributed by atoms with Crippen molar-refractivity contribution < 1.29 is 9.47 Å². The minimum atomic E-state index is 0.611. The van der Waals surface area contributed by atoms with Crippen LogP contribution in [0.5, 0.6) is 11.5 Å². The van der Waals surface area contributed by atoms with Gasteiger partial charge in [0.1, 0.15) is 11.5 Å². The van der Waals surface area contributed by atoms with Gasteiger partial charge < -0.3 is 9.47 Å². The minimum Gasteiger partial charge on any atom is -0.496 e. The van der Waals surface area contributed by atoms with Gasteiger partial charge in [-0.3, -0.25) is 0 Å². The van der Waals surface area contributed by atoms with Crippen LogP contribution in [-0.4, -0.2) is 30.3 Å². The summed E-state index contributed by atoms with van der Waals surface area (Å²) in [4.78, 5) is 0. The van der Waals surface area contributed by atoms with Gasteiger partial charge >= 0.3 is 0 Å². The summed E-state index contributed by atoms with van der Waals surface area (Å²) >= 11 is 4.16. The Balaban J connectivity index is 2.01. The van der Waals surface area contributed by atoms with E-state index in [4.69, 9.17) is 9.47 Å². The van der Waals surface area contributed by atoms with Crippen LogP contribution >= 0.6 is 23.5 Å². The summed E-state index contributed by atoms with van der Waals surface area (Å²) < 4.78 is 12.2. The third-order valence-electron chi connectivity index (χ3n) is 4.95. The molecule has 0 unspecified atom stereocenters. The molecule has 0 aromatic heterocycles. The SMILES string of the molecule is COc1c(C)c(C/C=C(\C)C2SCCCS2)c(OC)c2c1=CCCC=2. The molecule has 0 spiro atoms. The monoisotopic (exact) mass is 376 g/mol. The molecule has 2 aliphatic rings. The normalized spacial score (nSPS) is 18.2. The van der Waals surface area contributed by atoms with Gasteiger partial charge in [-0.15, -0.1) is 23.5 Å². The van der Waals surface area contributed by atoms with E-state index in [9.17, 15) is 0 Å². The molecule has 1 saturated heterocycles. The molecule has 1 aliphatic heterocycles. The number of rotatable bonds is 5. The van der Waals surface area contributed by atoms with E-state index in [1.165, 1.54) is 45.1 Å². The number of fused-ring (bicyclic) bond motifs is 1. The maximum absolute atomic E-state index is 5.86. The van der Waals surface area contributed by atoms with Gasteiger partial charge in [-0.1, -0.05) is 23.8 Å². The highest BCUT2D eigenvalue weighted by Crippen LogP contribution is 2.36. The largest absolute Gasteiger partial charge is 0.496 e. The number of hydrogen-bond donors (Lipinski definition) is 0. The van der Waals surface area contributed by atoms with Gasteiger partial charge in [0.25, 0.3) is 0 Å². The number of ether oxygens (including phenoxy) is 2. The zero-order valence-corrected chi connectivity index (χ0v) is 17.3. The lowest BCUT2D eigenvalue weighted by atomic mass is 9.95. The highest BCUT2D eigenvalue weighted by atomic mass is 32.2. The molecule has 0 atom stereocenters. The number of benzene rings is 1. The van der Waals surface area contributed by atoms with Gasteiger partial charge in [-0.25, -0.2) is 0 Å². The Kier molecular flexibility index (Phi) is 6.45. The first-order valence-electron chi connectivity index (χ1n) is 9.01. The molecule has 136 valence electrons. The molecule has 2 nitrogen and oxygen atoms in total. The first-order chi connectivity index (χ1) is 12.2. The van der Waals surface area contributed by atoms with Crippen molar-refractivity contribution in [3.63, 3.8) is 0 Å². The number of methoxy groups -OCH3 is 2. The quantitative estimate of drug-likeness (QED) is 0.721. The lowest BCUT2D eigenvalue weighted by molar-refractivity contribution is 0.390. The third kappa shape index (κ3) is 3.90. The van der Waals surface area contributed by atoms with Crippen LogP contribution in [0.25, 0.3) is 12.2 Å². The molecular formula is C21H28O2S2. The molecule has 0 amide bonds. The zero-order valence-electron chi connectivity index (χ0n) is 15.7. The fourth-order valence-corrected chi connectivity index (χ4v) is 6.54. The van der Waals surface area contributed by atoms with Crippen molar-refractivity contribution in [3.8, 4) is 11.5 Å². The summed E-state index contributed by atoms with van der Waals surface area (Å²) in [6.45, 7) is 4.43. The van der Waals surface area contributed by atoms with E-state index < -0.39 is 0 Å². The second-order valence-corrected chi connectivity index (χ2v) is 9.29. The van der Waals surface area contributed by atoms with E-state index in [1.54, 1.807) is 14.2 Å². The second kappa shape index (κ2) is 8.59. The zero-order chi connectivity index (χ0) is 17.8. The van der Waals surface area contributed by atoms with E-state index >= 15 is 0 Å². The van der Waals surface area contributed by atoms with Crippen molar-refractivity contribution in [2.24, 2.45) is 0 Å². The van der Waals surface area contributed by atoms with Gasteiger partial charge in [0.15, 0.2) is 0 Å². The van der Waals surface area contributed by atoms with Gasteiger partial charge in [0.05, 0.1) is 18.8 Å². The van der Waals surface area contributed by atoms with Crippen molar-refractivity contribution in [3.05, 3.63) is 33.2 Å². The van der Waals surface area contributed by atoms with Crippen molar-refractivity contribution in [1.82, 2.24) is 0 Å². The molecule has 1 aromatic rings. The van der Waals surface area contributed by atoms with E-state index in [-0.39, 0.29) is 0 Å². The fourth-order valence-electron chi connectivity index (χ4n) is 3.63. The second-order valence-electron chi connectivity index (χ2n) is 6.56. The number of hydrogen-bond acceptors (Lipinski definition) is 4. The predicted octanol–water partition coefficient (Wildman–Crippen LogP) is 4.05. The number of thioether (sulfide) groups is 2. The highest BCUT2D eigenvalue weighted by molar-refractivity contribution is 8.17. The van der Waals surface area contributed by atoms with Crippen LogP contribution in [0, 0.1) is 6.92 Å². The minimum absolute atomic E-state index is 0.611. The Bertz CT molecular complexity index is 774. The highest BCUT2D eigenvalue weighted by Gasteiger charge is 2.19. The Morgan fingerprint density at radius 2 is 1.68 bits per heavy atom. The van der Waals surface area contributed by atoms with Crippen molar-refractivity contribution >= 4 is 35.7 Å². The average Bonchev–Trinajstić information content (AvgIpc) is 2.66. The van der Waals surface area contributed by atoms with Crippen LogP contribution in [0.1, 0.15) is 37.3 Å². The van der Waals surface area contributed by atoms with Crippen LogP contribution in [0.2, 0.25) is 0 Å². The molecule has 1 fully saturated rings. The Morgan fingerprint density at radius 1 is 1.08 bits per heavy atom. The molecule has 1 aliphatic carbocycles. The Labute approximate surface area is 159 Å². The third-order valence-corrected chi connectivity index (χ3v) is 8.16. The smallest absolute Gasteiger partial charge is 0.130 e. The molecule has 1 heterocycles. The van der Waals surface area contributed by atoms with Gasteiger partial charge in [-0.05, 0) is 56.6 Å². The van der Waals surface area contributed by atoms with Crippen molar-refractivity contribution in [2.45, 2.75) is 44.1 Å². The molecule has 0 saturated carbocycles. The summed E-state index contributed by atoms with van der Waals surface area (Å²) in [5, 5.41) is 2.41. The standard InChI is InChI=1S/C21H28O2S2/c1-14(21-24-12-7-13-25-21)10-11-16-15(2)19(22-3)17-8-5-6-9-18(17)20(16)23-4/h8-10,21H,5-7,11-13H2,1-4H3/b14-10+. The summed E-state index contributed by atoms with van der Waals surface area (Å²) in [5.41, 5.74) is 3.94. The first kappa shape index (κ1) is 18.8. The lowest BCUT2D eigenvalue weighted by Crippen LogP contribution is -2.32. The van der Waals surface area contributed by atoms with Crippen LogP contribution in [0.3, 0.4) is 0 Å². The van der Waals surface area contributed by atoms with Crippen LogP contribution in [0.4, 0.5) is 0 Å². The summed E-state index contributed by atoms with van der Waals surface area (Å²) in [7, 11) is 3.56. The molecule has 0 bridgehead atoms. The first-order valence-corrected chi connectivity index (χ1v) is 11.1. The summed E-state index contributed by atoms with van der Waals surface area (Å²) in [5.74, 6) is 4.59. The van der Waals surface area contributed by atoms with E-state index in [0.717, 1.165) is 30.8 Å². The maximum Gasteiger partial charge on any atom is 0.130 e. The average molecular weight is 377 g/mol. The van der Waals surface area contributed by atoms with Gasteiger partial charge in [0.2, 0.25) is 0 Å². The van der Waals surface area contributed by atoms with E-state index in [2.05, 4.69) is 55.6 Å². The van der Waals surface area contributed by atoms with Gasteiger partial charge in [-0.2, -0.15) is 0 Å². The fraction of sp³-hybridized carbons (Fsp3) is 0.524. The molecule has 25 heavy (non-hydrogen) atoms.